The maximum Gasteiger partial charge on any atom is 0.490 e. The van der Waals surface area contributed by atoms with E-state index in [4.69, 9.17) is 26.0 Å². The van der Waals surface area contributed by atoms with E-state index < -0.39 is 48.5 Å². The van der Waals surface area contributed by atoms with Crippen molar-refractivity contribution in [2.24, 2.45) is 5.73 Å². The number of aromatic nitrogens is 3. The molecule has 1 saturated heterocycles. The van der Waals surface area contributed by atoms with Gasteiger partial charge in [0.05, 0.1) is 30.2 Å². The average Bonchev–Trinajstić information content (AvgIpc) is 3.23. The Hall–Kier alpha value is -1.73. The summed E-state index contributed by atoms with van der Waals surface area (Å²) in [5.74, 6) is 5.66. The molecule has 0 aromatic carbocycles. The lowest BCUT2D eigenvalue weighted by molar-refractivity contribution is -0.0421. The van der Waals surface area contributed by atoms with Gasteiger partial charge in [-0.05, 0) is 0 Å². The average molecular weight is 543 g/mol. The molecule has 20 heteroatoms. The molecule has 1 aliphatic heterocycles. The quantitative estimate of drug-likeness (QED) is 0.160. The van der Waals surface area contributed by atoms with Crippen LogP contribution in [0.1, 0.15) is 18.2 Å². The number of nitrogens with zero attached hydrogens (tertiary/aromatic N) is 3. The van der Waals surface area contributed by atoms with Crippen molar-refractivity contribution >= 4 is 40.3 Å². The van der Waals surface area contributed by atoms with Crippen LogP contribution in [0.5, 0.6) is 0 Å². The molecule has 2 aromatic rings. The lowest BCUT2D eigenvalue weighted by atomic mass is 10.2. The third kappa shape index (κ3) is 6.69. The Morgan fingerprint density at radius 1 is 1.18 bits per heavy atom. The van der Waals surface area contributed by atoms with Crippen molar-refractivity contribution in [3.8, 4) is 11.8 Å². The Kier molecular flexibility index (Phi) is 7.98. The molecule has 5 atom stereocenters. The highest BCUT2D eigenvalue weighted by molar-refractivity contribution is 7.66. The second-order valence-corrected chi connectivity index (χ2v) is 11.2. The van der Waals surface area contributed by atoms with Gasteiger partial charge in [-0.2, -0.15) is 8.62 Å². The number of fused-ring (bicyclic) bond motifs is 1. The number of nitrogens with two attached hydrogens (primary N) is 2. The van der Waals surface area contributed by atoms with E-state index in [0.29, 0.717) is 16.6 Å². The molecule has 0 amide bonds. The summed E-state index contributed by atoms with van der Waals surface area (Å²) in [6.07, 6.45) is -0.554. The van der Waals surface area contributed by atoms with E-state index in [2.05, 4.69) is 35.0 Å². The standard InChI is InChI=1S/C14H20N5O12P3/c15-3-1-2-8-5-19(14-12(8)13(16)17-7-18-14)11-4-9(20)10(29-11)6-28-33(24,25)31-34(26,27)30-32(21,22)23/h5,7,9-11,20H,3-4,6,15H2,(H,24,25)(H,26,27)(H2,16,17,18)(H2,21,22,23)/t9-,10-,11-/m1/s1. The maximum absolute atomic E-state index is 11.9. The lowest BCUT2D eigenvalue weighted by Crippen LogP contribution is -2.26. The Bertz CT molecular complexity index is 1270. The first-order chi connectivity index (χ1) is 15.7. The number of hydrogen-bond acceptors (Lipinski definition) is 12. The Morgan fingerprint density at radius 3 is 2.53 bits per heavy atom. The first-order valence-corrected chi connectivity index (χ1v) is 13.7. The van der Waals surface area contributed by atoms with Crippen LogP contribution in [-0.4, -0.2) is 64.6 Å². The maximum atomic E-state index is 11.9. The van der Waals surface area contributed by atoms with Crippen molar-refractivity contribution in [1.82, 2.24) is 14.5 Å². The fourth-order valence-corrected chi connectivity index (χ4v) is 6.11. The summed E-state index contributed by atoms with van der Waals surface area (Å²) in [5, 5.41) is 10.7. The SMILES string of the molecule is NCC#Cc1cn([C@H]2C[C@@H](O)[C@@H](COP(=O)(O)OP(=O)(O)OP(=O)(O)O)O2)c2ncnc(N)c12. The van der Waals surface area contributed by atoms with E-state index in [1.54, 1.807) is 6.20 Å². The number of aliphatic hydroxyl groups excluding tert-OH is 1. The minimum absolute atomic E-state index is 0.0259. The number of nitrogen functional groups attached to an aromatic ring is 1. The zero-order valence-corrected chi connectivity index (χ0v) is 19.6. The van der Waals surface area contributed by atoms with E-state index in [9.17, 15) is 28.6 Å². The molecule has 3 heterocycles. The van der Waals surface area contributed by atoms with Gasteiger partial charge >= 0.3 is 23.5 Å². The van der Waals surface area contributed by atoms with Gasteiger partial charge in [-0.1, -0.05) is 11.8 Å². The van der Waals surface area contributed by atoms with Crippen LogP contribution >= 0.6 is 23.5 Å². The third-order valence-electron chi connectivity index (χ3n) is 4.30. The summed E-state index contributed by atoms with van der Waals surface area (Å²) in [5.41, 5.74) is 12.1. The molecule has 188 valence electrons. The molecular weight excluding hydrogens is 523 g/mol. The van der Waals surface area contributed by atoms with Gasteiger partial charge in [0.15, 0.2) is 0 Å². The number of ether oxygens (including phenoxy) is 1. The second kappa shape index (κ2) is 10.1. The van der Waals surface area contributed by atoms with E-state index >= 15 is 0 Å². The number of hydrogen-bond donors (Lipinski definition) is 7. The predicted octanol–water partition coefficient (Wildman–Crippen LogP) is -0.685. The van der Waals surface area contributed by atoms with Gasteiger partial charge in [0.1, 0.15) is 30.1 Å². The molecule has 1 fully saturated rings. The Balaban J connectivity index is 1.74. The number of anilines is 1. The van der Waals surface area contributed by atoms with Crippen LogP contribution in [0.25, 0.3) is 11.0 Å². The highest BCUT2D eigenvalue weighted by Crippen LogP contribution is 2.66. The van der Waals surface area contributed by atoms with Gasteiger partial charge in [-0.15, -0.1) is 0 Å². The lowest BCUT2D eigenvalue weighted by Gasteiger charge is -2.19. The molecule has 17 nitrogen and oxygen atoms in total. The molecule has 0 saturated carbocycles. The molecule has 1 aliphatic rings. The van der Waals surface area contributed by atoms with Crippen LogP contribution in [0.4, 0.5) is 5.82 Å². The molecule has 9 N–H and O–H groups in total. The summed E-state index contributed by atoms with van der Waals surface area (Å²) >= 11 is 0. The van der Waals surface area contributed by atoms with Crippen LogP contribution in [-0.2, 0) is 31.6 Å². The zero-order chi connectivity index (χ0) is 25.3. The fourth-order valence-electron chi connectivity index (χ4n) is 3.08. The van der Waals surface area contributed by atoms with Crippen molar-refractivity contribution < 1.29 is 56.3 Å². The van der Waals surface area contributed by atoms with Crippen LogP contribution in [0.3, 0.4) is 0 Å². The molecule has 34 heavy (non-hydrogen) atoms. The summed E-state index contributed by atoms with van der Waals surface area (Å²) in [6, 6.07) is 0. The Morgan fingerprint density at radius 2 is 1.88 bits per heavy atom. The van der Waals surface area contributed by atoms with E-state index in [1.807, 2.05) is 0 Å². The largest absolute Gasteiger partial charge is 0.490 e. The first-order valence-electron chi connectivity index (χ1n) is 9.13. The molecule has 0 aliphatic carbocycles. The van der Waals surface area contributed by atoms with Gasteiger partial charge in [-0.25, -0.2) is 23.7 Å². The Labute approximate surface area is 191 Å². The molecule has 2 unspecified atom stereocenters. The van der Waals surface area contributed by atoms with Gasteiger partial charge in [0.2, 0.25) is 0 Å². The van der Waals surface area contributed by atoms with Gasteiger partial charge < -0.3 is 45.5 Å². The fraction of sp³-hybridized carbons (Fsp3) is 0.429. The molecular formula is C14H20N5O12P3. The van der Waals surface area contributed by atoms with Crippen molar-refractivity contribution in [1.29, 1.82) is 0 Å². The number of rotatable bonds is 8. The van der Waals surface area contributed by atoms with E-state index in [1.165, 1.54) is 10.9 Å². The molecule has 0 bridgehead atoms. The summed E-state index contributed by atoms with van der Waals surface area (Å²) in [7, 11) is -16.6. The minimum atomic E-state index is -5.67. The van der Waals surface area contributed by atoms with Gasteiger partial charge in [0, 0.05) is 12.6 Å². The van der Waals surface area contributed by atoms with Gasteiger partial charge in [-0.3, -0.25) is 4.52 Å². The van der Waals surface area contributed by atoms with E-state index in [-0.39, 0.29) is 18.8 Å². The molecule has 2 aromatic heterocycles. The summed E-state index contributed by atoms with van der Waals surface area (Å²) in [4.78, 5) is 43.9. The van der Waals surface area contributed by atoms with Crippen LogP contribution in [0.2, 0.25) is 0 Å². The summed E-state index contributed by atoms with van der Waals surface area (Å²) in [6.45, 7) is -0.723. The van der Waals surface area contributed by atoms with Crippen molar-refractivity contribution in [2.75, 3.05) is 18.9 Å². The highest BCUT2D eigenvalue weighted by Gasteiger charge is 2.43. The van der Waals surface area contributed by atoms with Crippen LogP contribution < -0.4 is 11.5 Å². The molecule has 0 radical (unpaired) electrons. The normalized spacial score (nSPS) is 24.4. The first kappa shape index (κ1) is 26.9. The minimum Gasteiger partial charge on any atom is -0.390 e. The van der Waals surface area contributed by atoms with E-state index in [0.717, 1.165) is 0 Å². The third-order valence-corrected chi connectivity index (χ3v) is 8.10. The zero-order valence-electron chi connectivity index (χ0n) is 16.9. The monoisotopic (exact) mass is 543 g/mol. The van der Waals surface area contributed by atoms with Crippen molar-refractivity contribution in [3.05, 3.63) is 18.1 Å². The number of phosphoric acid groups is 3. The molecule has 3 rings (SSSR count). The summed E-state index contributed by atoms with van der Waals surface area (Å²) < 4.78 is 52.9. The highest BCUT2D eigenvalue weighted by atomic mass is 31.3. The van der Waals surface area contributed by atoms with Crippen molar-refractivity contribution in [2.45, 2.75) is 24.9 Å². The second-order valence-electron chi connectivity index (χ2n) is 6.73. The van der Waals surface area contributed by atoms with Gasteiger partial charge in [0.25, 0.3) is 0 Å². The van der Waals surface area contributed by atoms with Crippen molar-refractivity contribution in [3.63, 3.8) is 0 Å². The topological polar surface area (TPSA) is 272 Å². The number of aliphatic hydroxyl groups is 1. The number of phosphoric ester groups is 1. The van der Waals surface area contributed by atoms with Crippen LogP contribution in [0.15, 0.2) is 12.5 Å². The smallest absolute Gasteiger partial charge is 0.390 e. The van der Waals surface area contributed by atoms with Crippen LogP contribution in [0, 0.1) is 11.8 Å². The predicted molar refractivity (Wildman–Crippen MR) is 112 cm³/mol. The molecule has 0 spiro atoms.